The molecule has 1 heterocycles. The van der Waals surface area contributed by atoms with E-state index in [0.29, 0.717) is 6.42 Å². The number of hydrogen-bond donors (Lipinski definition) is 1. The molecule has 1 fully saturated rings. The second-order valence-electron chi connectivity index (χ2n) is 4.34. The number of nitrogens with one attached hydrogen (secondary N) is 1. The highest BCUT2D eigenvalue weighted by molar-refractivity contribution is 14.1. The van der Waals surface area contributed by atoms with E-state index >= 15 is 0 Å². The van der Waals surface area contributed by atoms with Crippen LogP contribution < -0.4 is 5.32 Å². The Balaban J connectivity index is 2.43. The molecule has 1 N–H and O–H groups in total. The van der Waals surface area contributed by atoms with E-state index in [4.69, 9.17) is 0 Å². The maximum atomic E-state index is 12.6. The molecule has 1 aliphatic rings. The van der Waals surface area contributed by atoms with E-state index in [1.54, 1.807) is 19.1 Å². The molecule has 2 amide bonds. The molecule has 20 heavy (non-hydrogen) atoms. The lowest BCUT2D eigenvalue weighted by Gasteiger charge is -2.32. The van der Waals surface area contributed by atoms with E-state index < -0.39 is 27.9 Å². The largest absolute Gasteiger partial charge is 0.294 e. The number of sulfonamides is 1. The van der Waals surface area contributed by atoms with Gasteiger partial charge in [-0.2, -0.15) is 4.31 Å². The molecular formula is C12H13IN2O4S. The Hall–Kier alpha value is -1.000. The van der Waals surface area contributed by atoms with Crippen molar-refractivity contribution in [1.29, 1.82) is 0 Å². The first-order valence-electron chi connectivity index (χ1n) is 5.97. The number of rotatable bonds is 3. The third kappa shape index (κ3) is 2.86. The third-order valence-electron chi connectivity index (χ3n) is 3.02. The first-order valence-corrected chi connectivity index (χ1v) is 8.49. The van der Waals surface area contributed by atoms with Crippen LogP contribution in [0.2, 0.25) is 0 Å². The SMILES string of the molecule is CCC1C(=O)NC(=O)CN1S(=O)(=O)c1ccc(I)cc1. The lowest BCUT2D eigenvalue weighted by Crippen LogP contribution is -2.59. The van der Waals surface area contributed by atoms with Crippen molar-refractivity contribution < 1.29 is 18.0 Å². The van der Waals surface area contributed by atoms with Crippen molar-refractivity contribution in [3.05, 3.63) is 27.8 Å². The summed E-state index contributed by atoms with van der Waals surface area (Å²) in [6.07, 6.45) is 0.308. The average Bonchev–Trinajstić information content (AvgIpc) is 2.38. The number of nitrogens with zero attached hydrogens (tertiary/aromatic N) is 1. The van der Waals surface area contributed by atoms with Gasteiger partial charge in [0, 0.05) is 3.57 Å². The summed E-state index contributed by atoms with van der Waals surface area (Å²) in [6, 6.07) is 5.43. The predicted molar refractivity (Wildman–Crippen MR) is 80.3 cm³/mol. The van der Waals surface area contributed by atoms with Gasteiger partial charge in [-0.1, -0.05) is 6.92 Å². The topological polar surface area (TPSA) is 83.6 Å². The predicted octanol–water partition coefficient (Wildman–Crippen LogP) is 0.717. The molecule has 1 aliphatic heterocycles. The van der Waals surface area contributed by atoms with E-state index in [1.807, 2.05) is 0 Å². The molecule has 0 radical (unpaired) electrons. The van der Waals surface area contributed by atoms with Gasteiger partial charge in [-0.05, 0) is 53.3 Å². The molecule has 0 aliphatic carbocycles. The summed E-state index contributed by atoms with van der Waals surface area (Å²) >= 11 is 2.07. The van der Waals surface area contributed by atoms with Gasteiger partial charge in [-0.3, -0.25) is 14.9 Å². The van der Waals surface area contributed by atoms with Gasteiger partial charge in [0.2, 0.25) is 21.8 Å². The van der Waals surface area contributed by atoms with Crippen LogP contribution in [-0.2, 0) is 19.6 Å². The summed E-state index contributed by atoms with van der Waals surface area (Å²) in [4.78, 5) is 23.3. The van der Waals surface area contributed by atoms with Crippen LogP contribution in [0, 0.1) is 3.57 Å². The van der Waals surface area contributed by atoms with Crippen molar-refractivity contribution in [3.63, 3.8) is 0 Å². The van der Waals surface area contributed by atoms with Crippen molar-refractivity contribution in [2.75, 3.05) is 6.54 Å². The number of carbonyl (C=O) groups excluding carboxylic acids is 2. The number of amides is 2. The number of hydrogen-bond acceptors (Lipinski definition) is 4. The number of piperazine rings is 1. The van der Waals surface area contributed by atoms with E-state index in [9.17, 15) is 18.0 Å². The average molecular weight is 408 g/mol. The molecule has 1 saturated heterocycles. The van der Waals surface area contributed by atoms with E-state index in [0.717, 1.165) is 7.88 Å². The minimum Gasteiger partial charge on any atom is -0.294 e. The molecule has 0 bridgehead atoms. The smallest absolute Gasteiger partial charge is 0.245 e. The van der Waals surface area contributed by atoms with Crippen LogP contribution in [0.1, 0.15) is 13.3 Å². The van der Waals surface area contributed by atoms with Crippen LogP contribution in [0.15, 0.2) is 29.2 Å². The number of benzene rings is 1. The molecule has 0 saturated carbocycles. The fourth-order valence-electron chi connectivity index (χ4n) is 2.03. The molecule has 2 rings (SSSR count). The summed E-state index contributed by atoms with van der Waals surface area (Å²) in [5.41, 5.74) is 0. The van der Waals surface area contributed by atoms with Crippen molar-refractivity contribution in [2.24, 2.45) is 0 Å². The maximum absolute atomic E-state index is 12.6. The van der Waals surface area contributed by atoms with Gasteiger partial charge < -0.3 is 0 Å². The first kappa shape index (κ1) is 15.4. The van der Waals surface area contributed by atoms with Crippen LogP contribution in [0.3, 0.4) is 0 Å². The normalized spacial score (nSPS) is 20.8. The zero-order valence-electron chi connectivity index (χ0n) is 10.7. The van der Waals surface area contributed by atoms with E-state index in [-0.39, 0.29) is 11.4 Å². The van der Waals surface area contributed by atoms with Gasteiger partial charge in [0.05, 0.1) is 11.4 Å². The molecule has 1 atom stereocenters. The van der Waals surface area contributed by atoms with Gasteiger partial charge in [0.25, 0.3) is 0 Å². The van der Waals surface area contributed by atoms with E-state index in [2.05, 4.69) is 27.9 Å². The van der Waals surface area contributed by atoms with Crippen molar-refractivity contribution >= 4 is 44.4 Å². The fourth-order valence-corrected chi connectivity index (χ4v) is 4.00. The third-order valence-corrected chi connectivity index (χ3v) is 5.61. The molecule has 1 aromatic rings. The summed E-state index contributed by atoms with van der Waals surface area (Å²) in [7, 11) is -3.86. The summed E-state index contributed by atoms with van der Waals surface area (Å²) in [5.74, 6) is -1.17. The Kier molecular flexibility index (Phi) is 4.45. The van der Waals surface area contributed by atoms with Gasteiger partial charge >= 0.3 is 0 Å². The molecule has 8 heteroatoms. The quantitative estimate of drug-likeness (QED) is 0.590. The van der Waals surface area contributed by atoms with Crippen LogP contribution in [0.5, 0.6) is 0 Å². The second-order valence-corrected chi connectivity index (χ2v) is 7.48. The molecule has 0 spiro atoms. The summed E-state index contributed by atoms with van der Waals surface area (Å²) in [5, 5.41) is 2.16. The zero-order chi connectivity index (χ0) is 14.9. The van der Waals surface area contributed by atoms with Gasteiger partial charge in [0.15, 0.2) is 0 Å². The number of carbonyl (C=O) groups is 2. The Morgan fingerprint density at radius 3 is 2.45 bits per heavy atom. The zero-order valence-corrected chi connectivity index (χ0v) is 13.6. The van der Waals surface area contributed by atoms with Gasteiger partial charge in [-0.15, -0.1) is 0 Å². The first-order chi connectivity index (χ1) is 9.36. The Labute approximate surface area is 130 Å². The lowest BCUT2D eigenvalue weighted by atomic mass is 10.2. The molecular weight excluding hydrogens is 395 g/mol. The van der Waals surface area contributed by atoms with Crippen molar-refractivity contribution in [3.8, 4) is 0 Å². The Bertz CT molecular complexity index is 642. The molecule has 6 nitrogen and oxygen atoms in total. The van der Waals surface area contributed by atoms with E-state index in [1.165, 1.54) is 12.1 Å². The van der Waals surface area contributed by atoms with Crippen molar-refractivity contribution in [1.82, 2.24) is 9.62 Å². The number of imide groups is 1. The maximum Gasteiger partial charge on any atom is 0.245 e. The minimum absolute atomic E-state index is 0.0823. The lowest BCUT2D eigenvalue weighted by molar-refractivity contribution is -0.137. The van der Waals surface area contributed by atoms with Crippen LogP contribution >= 0.6 is 22.6 Å². The highest BCUT2D eigenvalue weighted by Gasteiger charge is 2.40. The highest BCUT2D eigenvalue weighted by Crippen LogP contribution is 2.22. The molecule has 1 unspecified atom stereocenters. The fraction of sp³-hybridized carbons (Fsp3) is 0.333. The number of halogens is 1. The van der Waals surface area contributed by atoms with Crippen LogP contribution in [-0.4, -0.2) is 37.1 Å². The summed E-state index contributed by atoms with van der Waals surface area (Å²) in [6.45, 7) is 1.37. The van der Waals surface area contributed by atoms with Crippen LogP contribution in [0.25, 0.3) is 0 Å². The van der Waals surface area contributed by atoms with Gasteiger partial charge in [0.1, 0.15) is 6.04 Å². The van der Waals surface area contributed by atoms with Crippen molar-refractivity contribution in [2.45, 2.75) is 24.3 Å². The molecule has 0 aromatic heterocycles. The molecule has 108 valence electrons. The molecule has 1 aromatic carbocycles. The monoisotopic (exact) mass is 408 g/mol. The highest BCUT2D eigenvalue weighted by atomic mass is 127. The summed E-state index contributed by atoms with van der Waals surface area (Å²) < 4.78 is 27.0. The van der Waals surface area contributed by atoms with Gasteiger partial charge in [-0.25, -0.2) is 8.42 Å². The van der Waals surface area contributed by atoms with Crippen LogP contribution in [0.4, 0.5) is 0 Å². The Morgan fingerprint density at radius 1 is 1.30 bits per heavy atom. The Morgan fingerprint density at radius 2 is 1.90 bits per heavy atom. The second kappa shape index (κ2) is 5.78. The standard InChI is InChI=1S/C12H13IN2O4S/c1-2-10-12(17)14-11(16)7-15(10)20(18,19)9-5-3-8(13)4-6-9/h3-6,10H,2,7H2,1H3,(H,14,16,17). The minimum atomic E-state index is -3.86.